The molecule has 0 saturated heterocycles. The van der Waals surface area contributed by atoms with Crippen molar-refractivity contribution in [2.45, 2.75) is 6.04 Å². The van der Waals surface area contributed by atoms with Gasteiger partial charge in [0, 0.05) is 0 Å². The second kappa shape index (κ2) is 10.5. The van der Waals surface area contributed by atoms with Gasteiger partial charge in [-0.2, -0.15) is 0 Å². The average Bonchev–Trinajstić information content (AvgIpc) is 3.63. The Hall–Kier alpha value is -4.39. The molecule has 0 spiro atoms. The van der Waals surface area contributed by atoms with E-state index in [1.807, 2.05) is 24.3 Å². The average molecular weight is 657 g/mol. The van der Waals surface area contributed by atoms with Crippen LogP contribution in [0.1, 0.15) is 11.6 Å². The molecule has 1 atom stereocenters. The van der Waals surface area contributed by atoms with Gasteiger partial charge in [0.15, 0.2) is 0 Å². The Labute approximate surface area is 253 Å². The van der Waals surface area contributed by atoms with Gasteiger partial charge in [-0.05, 0) is 0 Å². The van der Waals surface area contributed by atoms with Crippen molar-refractivity contribution in [2.24, 2.45) is 5.73 Å². The third-order valence-electron chi connectivity index (χ3n) is 7.96. The zero-order valence-corrected chi connectivity index (χ0v) is 24.9. The molecule has 2 aromatic heterocycles. The van der Waals surface area contributed by atoms with E-state index in [1.165, 1.54) is 8.96 Å². The number of fused-ring (bicyclic) bond motifs is 6. The summed E-state index contributed by atoms with van der Waals surface area (Å²) in [7, 11) is 0. The van der Waals surface area contributed by atoms with Gasteiger partial charge in [-0.3, -0.25) is 0 Å². The molecule has 2 heterocycles. The van der Waals surface area contributed by atoms with Gasteiger partial charge in [-0.25, -0.2) is 0 Å². The summed E-state index contributed by atoms with van der Waals surface area (Å²) in [6.45, 7) is 0. The molecule has 0 saturated carbocycles. The molecule has 8 rings (SSSR count). The summed E-state index contributed by atoms with van der Waals surface area (Å²) in [6, 6.07) is 46.5. The Morgan fingerprint density at radius 3 is 1.93 bits per heavy atom. The molecule has 0 aliphatic heterocycles. The maximum atomic E-state index is 6.98. The van der Waals surface area contributed by atoms with Crippen LogP contribution in [-0.4, -0.2) is 4.43 Å². The van der Waals surface area contributed by atoms with Gasteiger partial charge >= 0.3 is 255 Å². The van der Waals surface area contributed by atoms with Gasteiger partial charge < -0.3 is 0 Å². The topological polar surface area (TPSA) is 52.3 Å². The Morgan fingerprint density at radius 2 is 1.14 bits per heavy atom. The standard InChI is InChI=1S/C38H27INO2/c40-34(26-21-31(25-13-5-2-6-14-25)37-32(22-26)28-15-7-8-20-35(28)41-37)23-39-33-19-10-18-30-29-17-9-16-27(36(29)42-38(30)33)24-11-3-1-4-12-24/h1-22,34H,23,40H2/q-1. The number of nitrogens with two attached hydrogens (primary N) is 1. The van der Waals surface area contributed by atoms with Crippen molar-refractivity contribution in [1.29, 1.82) is 0 Å². The third kappa shape index (κ3) is 4.30. The van der Waals surface area contributed by atoms with Gasteiger partial charge in [0.1, 0.15) is 0 Å². The first-order chi connectivity index (χ1) is 20.7. The van der Waals surface area contributed by atoms with Crippen molar-refractivity contribution >= 4 is 43.9 Å². The molecule has 8 aromatic rings. The SMILES string of the molecule is NC(C[I-]c1cccc2c1oc1c(-c3ccccc3)cccc12)c1cc(-c2ccccc2)c2oc3ccccc3c2c1. The van der Waals surface area contributed by atoms with E-state index in [0.29, 0.717) is 0 Å². The summed E-state index contributed by atoms with van der Waals surface area (Å²) in [6.07, 6.45) is 0. The fourth-order valence-corrected chi connectivity index (χ4v) is 8.55. The molecule has 0 amide bonds. The number of halogens is 1. The minimum absolute atomic E-state index is 0.0992. The molecular formula is C38H27INO2-. The van der Waals surface area contributed by atoms with Gasteiger partial charge in [-0.1, -0.05) is 0 Å². The second-order valence-electron chi connectivity index (χ2n) is 10.6. The number of furan rings is 2. The zero-order chi connectivity index (χ0) is 28.0. The van der Waals surface area contributed by atoms with Crippen LogP contribution in [0, 0.1) is 3.57 Å². The Kier molecular flexibility index (Phi) is 6.31. The quantitative estimate of drug-likeness (QED) is 0.159. The van der Waals surface area contributed by atoms with E-state index in [2.05, 4.69) is 109 Å². The van der Waals surface area contributed by atoms with Crippen molar-refractivity contribution in [2.75, 3.05) is 4.43 Å². The van der Waals surface area contributed by atoms with Crippen LogP contribution >= 0.6 is 0 Å². The summed E-state index contributed by atoms with van der Waals surface area (Å²) in [5.74, 6) is 0. The molecule has 0 radical (unpaired) electrons. The van der Waals surface area contributed by atoms with Crippen molar-refractivity contribution in [1.82, 2.24) is 0 Å². The second-order valence-corrected chi connectivity index (χ2v) is 13.4. The minimum atomic E-state index is -0.419. The Morgan fingerprint density at radius 1 is 0.524 bits per heavy atom. The van der Waals surface area contributed by atoms with Crippen molar-refractivity contribution < 1.29 is 30.0 Å². The van der Waals surface area contributed by atoms with Crippen molar-refractivity contribution in [3.63, 3.8) is 0 Å². The van der Waals surface area contributed by atoms with Crippen LogP contribution in [0.25, 0.3) is 66.1 Å². The van der Waals surface area contributed by atoms with Crippen LogP contribution in [0.2, 0.25) is 0 Å². The van der Waals surface area contributed by atoms with Gasteiger partial charge in [0.05, 0.1) is 0 Å². The molecule has 0 aliphatic rings. The molecule has 4 heteroatoms. The molecule has 42 heavy (non-hydrogen) atoms. The molecule has 204 valence electrons. The van der Waals surface area contributed by atoms with Gasteiger partial charge in [-0.15, -0.1) is 0 Å². The maximum absolute atomic E-state index is 6.98. The van der Waals surface area contributed by atoms with Crippen LogP contribution in [0.15, 0.2) is 142 Å². The Bertz CT molecular complexity index is 2210. The zero-order valence-electron chi connectivity index (χ0n) is 22.8. The van der Waals surface area contributed by atoms with E-state index < -0.39 is 21.2 Å². The first-order valence-corrected chi connectivity index (χ1v) is 16.7. The summed E-state index contributed by atoms with van der Waals surface area (Å²) >= 11 is -0.419. The van der Waals surface area contributed by atoms with E-state index in [1.54, 1.807) is 0 Å². The summed E-state index contributed by atoms with van der Waals surface area (Å²) in [5, 5.41) is 4.57. The fraction of sp³-hybridized carbons (Fsp3) is 0.0526. The van der Waals surface area contributed by atoms with Crippen LogP contribution in [-0.2, 0) is 0 Å². The summed E-state index contributed by atoms with van der Waals surface area (Å²) in [5.41, 5.74) is 16.4. The molecule has 0 aliphatic carbocycles. The first kappa shape index (κ1) is 25.3. The van der Waals surface area contributed by atoms with Crippen LogP contribution in [0.5, 0.6) is 0 Å². The summed E-state index contributed by atoms with van der Waals surface area (Å²) < 4.78 is 15.2. The fourth-order valence-electron chi connectivity index (χ4n) is 5.89. The molecule has 2 N–H and O–H groups in total. The predicted molar refractivity (Wildman–Crippen MR) is 169 cm³/mol. The van der Waals surface area contributed by atoms with Gasteiger partial charge in [0.2, 0.25) is 0 Å². The number of hydrogen-bond donors (Lipinski definition) is 1. The van der Waals surface area contributed by atoms with Crippen LogP contribution in [0.3, 0.4) is 0 Å². The Balaban J connectivity index is 1.18. The normalized spacial score (nSPS) is 12.6. The molecule has 6 aromatic carbocycles. The van der Waals surface area contributed by atoms with E-state index in [9.17, 15) is 0 Å². The molecular weight excluding hydrogens is 629 g/mol. The van der Waals surface area contributed by atoms with E-state index >= 15 is 0 Å². The first-order valence-electron chi connectivity index (χ1n) is 14.1. The van der Waals surface area contributed by atoms with Crippen molar-refractivity contribution in [3.8, 4) is 22.3 Å². The number of rotatable bonds is 6. The number of para-hydroxylation sites is 3. The number of alkyl halides is 1. The van der Waals surface area contributed by atoms with Crippen LogP contribution in [0.4, 0.5) is 0 Å². The predicted octanol–water partition coefficient (Wildman–Crippen LogP) is 6.78. The molecule has 1 unspecified atom stereocenters. The summed E-state index contributed by atoms with van der Waals surface area (Å²) in [4.78, 5) is 0. The molecule has 0 bridgehead atoms. The van der Waals surface area contributed by atoms with Crippen LogP contribution < -0.4 is 26.9 Å². The van der Waals surface area contributed by atoms with E-state index in [4.69, 9.17) is 14.6 Å². The van der Waals surface area contributed by atoms with E-state index in [0.717, 1.165) is 70.7 Å². The van der Waals surface area contributed by atoms with E-state index in [-0.39, 0.29) is 6.04 Å². The van der Waals surface area contributed by atoms with Crippen molar-refractivity contribution in [3.05, 3.63) is 143 Å². The third-order valence-corrected chi connectivity index (χ3v) is 11.0. The van der Waals surface area contributed by atoms with Gasteiger partial charge in [0.25, 0.3) is 0 Å². The number of hydrogen-bond acceptors (Lipinski definition) is 3. The monoisotopic (exact) mass is 656 g/mol. The number of benzene rings is 6. The molecule has 3 nitrogen and oxygen atoms in total. The molecule has 0 fully saturated rings.